The van der Waals surface area contributed by atoms with Crippen molar-refractivity contribution in [2.75, 3.05) is 26.2 Å². The number of benzene rings is 1. The second kappa shape index (κ2) is 5.58. The van der Waals surface area contributed by atoms with Crippen molar-refractivity contribution < 1.29 is 13.2 Å². The van der Waals surface area contributed by atoms with Gasteiger partial charge in [-0.15, -0.1) is 0 Å². The fraction of sp³-hybridized carbons (Fsp3) is 0.538. The summed E-state index contributed by atoms with van der Waals surface area (Å²) in [6, 6.07) is 5.38. The van der Waals surface area contributed by atoms with Crippen LogP contribution in [0.2, 0.25) is 0 Å². The number of hydrogen-bond acceptors (Lipinski definition) is 4. The lowest BCUT2D eigenvalue weighted by molar-refractivity contribution is 0.00449. The lowest BCUT2D eigenvalue weighted by Gasteiger charge is -2.31. The molecular formula is C13H20N2O3S. The Bertz CT molecular complexity index is 557. The van der Waals surface area contributed by atoms with E-state index < -0.39 is 10.0 Å². The first-order chi connectivity index (χ1) is 8.95. The second-order valence-electron chi connectivity index (χ2n) is 4.86. The zero-order valence-corrected chi connectivity index (χ0v) is 12.1. The zero-order valence-electron chi connectivity index (χ0n) is 11.3. The number of sulfonamides is 1. The molecule has 0 unspecified atom stereocenters. The summed E-state index contributed by atoms with van der Waals surface area (Å²) in [6.07, 6.45) is -0.214. The predicted molar refractivity (Wildman–Crippen MR) is 73.5 cm³/mol. The SMILES string of the molecule is Cc1ccc(S(=O)(=O)N2CCO[C@H](CN)C2)c(C)c1. The highest BCUT2D eigenvalue weighted by Crippen LogP contribution is 2.22. The second-order valence-corrected chi connectivity index (χ2v) is 6.77. The molecule has 0 saturated carbocycles. The molecule has 1 aliphatic rings. The van der Waals surface area contributed by atoms with Crippen LogP contribution in [-0.2, 0) is 14.8 Å². The maximum Gasteiger partial charge on any atom is 0.243 e. The minimum atomic E-state index is -3.45. The van der Waals surface area contributed by atoms with Crippen LogP contribution in [0.25, 0.3) is 0 Å². The Kier molecular flexibility index (Phi) is 4.25. The molecule has 1 saturated heterocycles. The molecule has 5 nitrogen and oxygen atoms in total. The van der Waals surface area contributed by atoms with Crippen LogP contribution in [0.15, 0.2) is 23.1 Å². The molecule has 19 heavy (non-hydrogen) atoms. The molecule has 106 valence electrons. The van der Waals surface area contributed by atoms with Gasteiger partial charge in [0.1, 0.15) is 0 Å². The average molecular weight is 284 g/mol. The molecule has 0 bridgehead atoms. The maximum absolute atomic E-state index is 12.6. The van der Waals surface area contributed by atoms with Gasteiger partial charge in [0.15, 0.2) is 0 Å². The van der Waals surface area contributed by atoms with E-state index in [1.165, 1.54) is 4.31 Å². The van der Waals surface area contributed by atoms with Crippen LogP contribution >= 0.6 is 0 Å². The van der Waals surface area contributed by atoms with Crippen LogP contribution in [-0.4, -0.2) is 45.1 Å². The average Bonchev–Trinajstić information content (AvgIpc) is 2.38. The molecule has 0 spiro atoms. The van der Waals surface area contributed by atoms with Gasteiger partial charge in [0.05, 0.1) is 17.6 Å². The fourth-order valence-corrected chi connectivity index (χ4v) is 3.94. The van der Waals surface area contributed by atoms with Crippen molar-refractivity contribution in [1.29, 1.82) is 0 Å². The number of nitrogens with zero attached hydrogens (tertiary/aromatic N) is 1. The molecule has 2 rings (SSSR count). The first kappa shape index (κ1) is 14.5. The summed E-state index contributed by atoms with van der Waals surface area (Å²) in [7, 11) is -3.45. The molecule has 1 atom stereocenters. The Morgan fingerprint density at radius 2 is 2.16 bits per heavy atom. The van der Waals surface area contributed by atoms with E-state index in [0.717, 1.165) is 11.1 Å². The summed E-state index contributed by atoms with van der Waals surface area (Å²) in [4.78, 5) is 0.371. The van der Waals surface area contributed by atoms with Crippen molar-refractivity contribution in [1.82, 2.24) is 4.31 Å². The van der Waals surface area contributed by atoms with Crippen LogP contribution < -0.4 is 5.73 Å². The van der Waals surface area contributed by atoms with Gasteiger partial charge in [0, 0.05) is 19.6 Å². The summed E-state index contributed by atoms with van der Waals surface area (Å²) in [5.41, 5.74) is 7.38. The quantitative estimate of drug-likeness (QED) is 0.884. The van der Waals surface area contributed by atoms with Crippen molar-refractivity contribution >= 4 is 10.0 Å². The summed E-state index contributed by atoms with van der Waals surface area (Å²) >= 11 is 0. The Morgan fingerprint density at radius 1 is 1.42 bits per heavy atom. The fourth-order valence-electron chi connectivity index (χ4n) is 2.28. The third-order valence-electron chi connectivity index (χ3n) is 3.31. The van der Waals surface area contributed by atoms with Gasteiger partial charge < -0.3 is 10.5 Å². The largest absolute Gasteiger partial charge is 0.374 e. The van der Waals surface area contributed by atoms with Crippen LogP contribution in [0, 0.1) is 13.8 Å². The van der Waals surface area contributed by atoms with E-state index >= 15 is 0 Å². The molecule has 1 aromatic rings. The van der Waals surface area contributed by atoms with E-state index in [1.807, 2.05) is 26.0 Å². The van der Waals surface area contributed by atoms with Crippen LogP contribution in [0.1, 0.15) is 11.1 Å². The number of morpholine rings is 1. The number of ether oxygens (including phenoxy) is 1. The van der Waals surface area contributed by atoms with E-state index in [2.05, 4.69) is 0 Å². The predicted octanol–water partition coefficient (Wildman–Crippen LogP) is 0.652. The monoisotopic (exact) mass is 284 g/mol. The van der Waals surface area contributed by atoms with Crippen molar-refractivity contribution in [3.8, 4) is 0 Å². The van der Waals surface area contributed by atoms with Gasteiger partial charge in [-0.05, 0) is 25.5 Å². The van der Waals surface area contributed by atoms with Crippen LogP contribution in [0.3, 0.4) is 0 Å². The van der Waals surface area contributed by atoms with Crippen molar-refractivity contribution in [3.05, 3.63) is 29.3 Å². The molecule has 1 fully saturated rings. The third kappa shape index (κ3) is 2.97. The molecule has 0 aliphatic carbocycles. The number of rotatable bonds is 3. The normalized spacial score (nSPS) is 21.5. The highest BCUT2D eigenvalue weighted by molar-refractivity contribution is 7.89. The van der Waals surface area contributed by atoms with Gasteiger partial charge in [-0.2, -0.15) is 4.31 Å². The van der Waals surface area contributed by atoms with Crippen molar-refractivity contribution in [3.63, 3.8) is 0 Å². The van der Waals surface area contributed by atoms with E-state index in [1.54, 1.807) is 6.07 Å². The molecule has 1 aliphatic heterocycles. The minimum Gasteiger partial charge on any atom is -0.374 e. The van der Waals surface area contributed by atoms with Gasteiger partial charge in [-0.1, -0.05) is 17.7 Å². The molecule has 1 aromatic carbocycles. The Labute approximate surface area is 114 Å². The molecule has 0 aromatic heterocycles. The summed E-state index contributed by atoms with van der Waals surface area (Å²) in [5, 5.41) is 0. The first-order valence-electron chi connectivity index (χ1n) is 6.34. The summed E-state index contributed by atoms with van der Waals surface area (Å²) in [5.74, 6) is 0. The smallest absolute Gasteiger partial charge is 0.243 e. The van der Waals surface area contributed by atoms with Gasteiger partial charge in [0.2, 0.25) is 10.0 Å². The number of hydrogen-bond donors (Lipinski definition) is 1. The number of aryl methyl sites for hydroxylation is 2. The lowest BCUT2D eigenvalue weighted by Crippen LogP contribution is -2.48. The minimum absolute atomic E-state index is 0.214. The van der Waals surface area contributed by atoms with Gasteiger partial charge in [-0.25, -0.2) is 8.42 Å². The molecule has 1 heterocycles. The van der Waals surface area contributed by atoms with Crippen LogP contribution in [0.4, 0.5) is 0 Å². The topological polar surface area (TPSA) is 72.6 Å². The molecule has 0 radical (unpaired) electrons. The van der Waals surface area contributed by atoms with E-state index in [4.69, 9.17) is 10.5 Å². The van der Waals surface area contributed by atoms with Crippen LogP contribution in [0.5, 0.6) is 0 Å². The van der Waals surface area contributed by atoms with Gasteiger partial charge in [-0.3, -0.25) is 0 Å². The van der Waals surface area contributed by atoms with Crippen molar-refractivity contribution in [2.24, 2.45) is 5.73 Å². The summed E-state index contributed by atoms with van der Waals surface area (Å²) < 4.78 is 32.1. The summed E-state index contributed by atoms with van der Waals surface area (Å²) in [6.45, 7) is 5.20. The maximum atomic E-state index is 12.6. The Balaban J connectivity index is 2.31. The Hall–Kier alpha value is -0.950. The highest BCUT2D eigenvalue weighted by Gasteiger charge is 2.31. The molecule has 6 heteroatoms. The number of nitrogens with two attached hydrogens (primary N) is 1. The third-order valence-corrected chi connectivity index (χ3v) is 5.34. The standard InChI is InChI=1S/C13H20N2O3S/c1-10-3-4-13(11(2)7-10)19(16,17)15-5-6-18-12(8-14)9-15/h3-4,7,12H,5-6,8-9,14H2,1-2H3/t12-/m1/s1. The molecular weight excluding hydrogens is 264 g/mol. The van der Waals surface area contributed by atoms with E-state index in [9.17, 15) is 8.42 Å². The zero-order chi connectivity index (χ0) is 14.0. The lowest BCUT2D eigenvalue weighted by atomic mass is 10.2. The van der Waals surface area contributed by atoms with Gasteiger partial charge >= 0.3 is 0 Å². The van der Waals surface area contributed by atoms with Gasteiger partial charge in [0.25, 0.3) is 0 Å². The van der Waals surface area contributed by atoms with E-state index in [0.29, 0.717) is 31.1 Å². The van der Waals surface area contributed by atoms with E-state index in [-0.39, 0.29) is 6.10 Å². The first-order valence-corrected chi connectivity index (χ1v) is 7.78. The molecule has 0 amide bonds. The van der Waals surface area contributed by atoms with Crippen molar-refractivity contribution in [2.45, 2.75) is 24.8 Å². The highest BCUT2D eigenvalue weighted by atomic mass is 32.2. The molecule has 2 N–H and O–H groups in total. The Morgan fingerprint density at radius 3 is 2.79 bits per heavy atom.